The molecular formula is C18H22N2O. The van der Waals surface area contributed by atoms with Crippen molar-refractivity contribution in [3.05, 3.63) is 72.1 Å². The zero-order valence-electron chi connectivity index (χ0n) is 12.2. The number of benzene rings is 1. The third-order valence-electron chi connectivity index (χ3n) is 3.29. The molecule has 0 radical (unpaired) electrons. The van der Waals surface area contributed by atoms with Crippen LogP contribution in [0.2, 0.25) is 0 Å². The molecule has 0 bridgehead atoms. The predicted molar refractivity (Wildman–Crippen MR) is 86.9 cm³/mol. The highest BCUT2D eigenvalue weighted by atomic mass is 16.3. The second kappa shape index (κ2) is 9.06. The summed E-state index contributed by atoms with van der Waals surface area (Å²) < 4.78 is 0. The number of aliphatic hydroxyl groups excluding tert-OH is 1. The summed E-state index contributed by atoms with van der Waals surface area (Å²) in [7, 11) is 0. The van der Waals surface area contributed by atoms with Gasteiger partial charge in [-0.3, -0.25) is 4.98 Å². The van der Waals surface area contributed by atoms with Crippen LogP contribution in [0.5, 0.6) is 0 Å². The predicted octanol–water partition coefficient (Wildman–Crippen LogP) is 2.54. The van der Waals surface area contributed by atoms with Crippen LogP contribution in [-0.2, 0) is 6.42 Å². The smallest absolute Gasteiger partial charge is 0.0475 e. The SMILES string of the molecule is OCC(CNCC=Cc1ccccc1)Cc1ccccn1. The van der Waals surface area contributed by atoms with Crippen LogP contribution < -0.4 is 5.32 Å². The van der Waals surface area contributed by atoms with Crippen molar-refractivity contribution >= 4 is 6.08 Å². The largest absolute Gasteiger partial charge is 0.396 e. The minimum atomic E-state index is 0.173. The summed E-state index contributed by atoms with van der Waals surface area (Å²) in [6.45, 7) is 1.76. The summed E-state index contributed by atoms with van der Waals surface area (Å²) in [6, 6.07) is 16.1. The van der Waals surface area contributed by atoms with E-state index in [0.29, 0.717) is 0 Å². The molecule has 0 aliphatic carbocycles. The van der Waals surface area contributed by atoms with Gasteiger partial charge in [0.05, 0.1) is 0 Å². The Bertz CT molecular complexity index is 525. The zero-order chi connectivity index (χ0) is 14.8. The van der Waals surface area contributed by atoms with Crippen LogP contribution in [0, 0.1) is 5.92 Å². The van der Waals surface area contributed by atoms with Crippen molar-refractivity contribution in [2.24, 2.45) is 5.92 Å². The number of aliphatic hydroxyl groups is 1. The summed E-state index contributed by atoms with van der Waals surface area (Å²) in [5.41, 5.74) is 2.23. The minimum Gasteiger partial charge on any atom is -0.396 e. The van der Waals surface area contributed by atoms with Gasteiger partial charge in [0.25, 0.3) is 0 Å². The first kappa shape index (κ1) is 15.4. The lowest BCUT2D eigenvalue weighted by Gasteiger charge is -2.13. The van der Waals surface area contributed by atoms with Crippen molar-refractivity contribution in [1.82, 2.24) is 10.3 Å². The average molecular weight is 282 g/mol. The maximum atomic E-state index is 9.44. The van der Waals surface area contributed by atoms with Crippen LogP contribution in [0.15, 0.2) is 60.8 Å². The van der Waals surface area contributed by atoms with Crippen LogP contribution in [0.3, 0.4) is 0 Å². The number of hydrogen-bond donors (Lipinski definition) is 2. The summed E-state index contributed by atoms with van der Waals surface area (Å²) >= 11 is 0. The molecule has 0 aliphatic rings. The van der Waals surface area contributed by atoms with E-state index in [9.17, 15) is 5.11 Å². The highest BCUT2D eigenvalue weighted by Crippen LogP contribution is 2.05. The highest BCUT2D eigenvalue weighted by Gasteiger charge is 2.08. The summed E-state index contributed by atoms with van der Waals surface area (Å²) in [4.78, 5) is 4.30. The van der Waals surface area contributed by atoms with Crippen molar-refractivity contribution < 1.29 is 5.11 Å². The topological polar surface area (TPSA) is 45.1 Å². The molecule has 21 heavy (non-hydrogen) atoms. The Kier molecular flexibility index (Phi) is 6.65. The van der Waals surface area contributed by atoms with Crippen molar-refractivity contribution in [2.75, 3.05) is 19.7 Å². The van der Waals surface area contributed by atoms with Gasteiger partial charge in [0.1, 0.15) is 0 Å². The van der Waals surface area contributed by atoms with Crippen LogP contribution in [-0.4, -0.2) is 29.8 Å². The van der Waals surface area contributed by atoms with Gasteiger partial charge in [0, 0.05) is 31.6 Å². The van der Waals surface area contributed by atoms with Gasteiger partial charge in [-0.1, -0.05) is 48.6 Å². The number of aromatic nitrogens is 1. The maximum Gasteiger partial charge on any atom is 0.0475 e. The average Bonchev–Trinajstić information content (AvgIpc) is 2.55. The van der Waals surface area contributed by atoms with Crippen LogP contribution in [0.4, 0.5) is 0 Å². The Morgan fingerprint density at radius 2 is 1.90 bits per heavy atom. The van der Waals surface area contributed by atoms with Gasteiger partial charge in [-0.05, 0) is 30.0 Å². The second-order valence-corrected chi connectivity index (χ2v) is 5.05. The van der Waals surface area contributed by atoms with Gasteiger partial charge in [-0.25, -0.2) is 0 Å². The standard InChI is InChI=1S/C18H22N2O/c21-15-17(13-18-10-4-5-12-20-18)14-19-11-6-9-16-7-2-1-3-8-16/h1-10,12,17,19,21H,11,13-15H2. The van der Waals surface area contributed by atoms with Crippen molar-refractivity contribution in [1.29, 1.82) is 0 Å². The monoisotopic (exact) mass is 282 g/mol. The van der Waals surface area contributed by atoms with Gasteiger partial charge >= 0.3 is 0 Å². The van der Waals surface area contributed by atoms with Crippen molar-refractivity contribution in [3.63, 3.8) is 0 Å². The Balaban J connectivity index is 1.70. The van der Waals surface area contributed by atoms with Gasteiger partial charge in [-0.2, -0.15) is 0 Å². The van der Waals surface area contributed by atoms with E-state index in [1.54, 1.807) is 6.20 Å². The lowest BCUT2D eigenvalue weighted by molar-refractivity contribution is 0.222. The van der Waals surface area contributed by atoms with Crippen LogP contribution in [0.25, 0.3) is 6.08 Å². The maximum absolute atomic E-state index is 9.44. The van der Waals surface area contributed by atoms with E-state index in [1.807, 2.05) is 36.4 Å². The van der Waals surface area contributed by atoms with E-state index in [1.165, 1.54) is 5.56 Å². The number of hydrogen-bond acceptors (Lipinski definition) is 3. The first-order valence-corrected chi connectivity index (χ1v) is 7.31. The number of nitrogens with one attached hydrogen (secondary N) is 1. The fraction of sp³-hybridized carbons (Fsp3) is 0.278. The summed E-state index contributed by atoms with van der Waals surface area (Å²) in [5, 5.41) is 12.8. The van der Waals surface area contributed by atoms with E-state index in [-0.39, 0.29) is 12.5 Å². The van der Waals surface area contributed by atoms with Crippen molar-refractivity contribution in [3.8, 4) is 0 Å². The molecule has 2 aromatic rings. The molecule has 0 saturated carbocycles. The molecule has 0 fully saturated rings. The molecule has 2 N–H and O–H groups in total. The van der Waals surface area contributed by atoms with Gasteiger partial charge in [0.15, 0.2) is 0 Å². The molecule has 0 spiro atoms. The van der Waals surface area contributed by atoms with Gasteiger partial charge < -0.3 is 10.4 Å². The Morgan fingerprint density at radius 1 is 1.10 bits per heavy atom. The Morgan fingerprint density at radius 3 is 2.62 bits per heavy atom. The quantitative estimate of drug-likeness (QED) is 0.731. The Hall–Kier alpha value is -1.97. The molecule has 0 aliphatic heterocycles. The van der Waals surface area contributed by atoms with E-state index in [2.05, 4.69) is 34.6 Å². The molecule has 1 atom stereocenters. The number of nitrogens with zero attached hydrogens (tertiary/aromatic N) is 1. The van der Waals surface area contributed by atoms with E-state index >= 15 is 0 Å². The molecule has 0 saturated heterocycles. The lowest BCUT2D eigenvalue weighted by Crippen LogP contribution is -2.27. The molecule has 1 aromatic heterocycles. The van der Waals surface area contributed by atoms with Gasteiger partial charge in [-0.15, -0.1) is 0 Å². The third kappa shape index (κ3) is 5.90. The van der Waals surface area contributed by atoms with Gasteiger partial charge in [0.2, 0.25) is 0 Å². The normalized spacial score (nSPS) is 12.6. The first-order chi connectivity index (χ1) is 10.4. The molecule has 2 rings (SSSR count). The fourth-order valence-corrected chi connectivity index (χ4v) is 2.15. The molecule has 3 heteroatoms. The molecular weight excluding hydrogens is 260 g/mol. The lowest BCUT2D eigenvalue weighted by atomic mass is 10.0. The Labute approximate surface area is 126 Å². The number of pyridine rings is 1. The number of rotatable bonds is 8. The van der Waals surface area contributed by atoms with E-state index in [0.717, 1.165) is 25.2 Å². The fourth-order valence-electron chi connectivity index (χ4n) is 2.15. The molecule has 1 aromatic carbocycles. The third-order valence-corrected chi connectivity index (χ3v) is 3.29. The minimum absolute atomic E-state index is 0.173. The second-order valence-electron chi connectivity index (χ2n) is 5.05. The zero-order valence-corrected chi connectivity index (χ0v) is 12.2. The first-order valence-electron chi connectivity index (χ1n) is 7.31. The van der Waals surface area contributed by atoms with Crippen LogP contribution >= 0.6 is 0 Å². The molecule has 1 unspecified atom stereocenters. The van der Waals surface area contributed by atoms with E-state index < -0.39 is 0 Å². The molecule has 110 valence electrons. The summed E-state index contributed by atoms with van der Waals surface area (Å²) in [6.07, 6.45) is 6.79. The van der Waals surface area contributed by atoms with Crippen LogP contribution in [0.1, 0.15) is 11.3 Å². The molecule has 3 nitrogen and oxygen atoms in total. The highest BCUT2D eigenvalue weighted by molar-refractivity contribution is 5.48. The summed E-state index contributed by atoms with van der Waals surface area (Å²) in [5.74, 6) is 0.199. The molecule has 1 heterocycles. The van der Waals surface area contributed by atoms with Crippen molar-refractivity contribution in [2.45, 2.75) is 6.42 Å². The molecule has 0 amide bonds. The van der Waals surface area contributed by atoms with E-state index in [4.69, 9.17) is 0 Å².